The van der Waals surface area contributed by atoms with Gasteiger partial charge in [0.2, 0.25) is 0 Å². The Morgan fingerprint density at radius 1 is 0.903 bits per heavy atom. The Hall–Kier alpha value is -2.43. The summed E-state index contributed by atoms with van der Waals surface area (Å²) < 4.78 is 1.71. The van der Waals surface area contributed by atoms with Gasteiger partial charge in [0, 0.05) is 42.6 Å². The van der Waals surface area contributed by atoms with Crippen LogP contribution in [0, 0.1) is 0 Å². The van der Waals surface area contributed by atoms with Crippen molar-refractivity contribution in [3.05, 3.63) is 76.7 Å². The summed E-state index contributed by atoms with van der Waals surface area (Å²) in [5.74, 6) is 0. The van der Waals surface area contributed by atoms with Gasteiger partial charge in [-0.3, -0.25) is 19.2 Å². The second kappa shape index (κ2) is 8.60. The molecule has 0 radical (unpaired) electrons. The van der Waals surface area contributed by atoms with E-state index in [2.05, 4.69) is 60.0 Å². The van der Waals surface area contributed by atoms with Crippen LogP contribution >= 0.6 is 0 Å². The Morgan fingerprint density at radius 3 is 2.42 bits per heavy atom. The van der Waals surface area contributed by atoms with E-state index in [0.717, 1.165) is 12.2 Å². The molecule has 2 fully saturated rings. The van der Waals surface area contributed by atoms with E-state index < -0.39 is 0 Å². The highest BCUT2D eigenvalue weighted by molar-refractivity contribution is 5.85. The van der Waals surface area contributed by atoms with Crippen molar-refractivity contribution in [3.63, 3.8) is 0 Å². The van der Waals surface area contributed by atoms with Crippen LogP contribution in [0.4, 0.5) is 0 Å². The van der Waals surface area contributed by atoms with Crippen molar-refractivity contribution in [2.75, 3.05) is 19.6 Å². The van der Waals surface area contributed by atoms with Crippen LogP contribution < -0.4 is 5.56 Å². The monoisotopic (exact) mass is 415 g/mol. The number of fused-ring (bicyclic) bond motifs is 1. The molecular formula is C27H33N3O. The normalized spacial score (nSPS) is 23.5. The van der Waals surface area contributed by atoms with E-state index in [0.29, 0.717) is 18.1 Å². The van der Waals surface area contributed by atoms with Gasteiger partial charge in [0.05, 0.1) is 0 Å². The van der Waals surface area contributed by atoms with Gasteiger partial charge in [-0.1, -0.05) is 24.3 Å². The van der Waals surface area contributed by atoms with Crippen LogP contribution in [-0.2, 0) is 0 Å². The Kier molecular flexibility index (Phi) is 5.68. The van der Waals surface area contributed by atoms with E-state index in [-0.39, 0.29) is 5.56 Å². The predicted octanol–water partition coefficient (Wildman–Crippen LogP) is 5.00. The van der Waals surface area contributed by atoms with Gasteiger partial charge in [-0.2, -0.15) is 0 Å². The molecule has 1 unspecified atom stereocenters. The number of nitrogens with zero attached hydrogens (tertiary/aromatic N) is 3. The second-order valence-electron chi connectivity index (χ2n) is 9.43. The van der Waals surface area contributed by atoms with Crippen molar-refractivity contribution in [2.45, 2.75) is 57.7 Å². The van der Waals surface area contributed by atoms with E-state index in [1.54, 1.807) is 16.7 Å². The summed E-state index contributed by atoms with van der Waals surface area (Å²) in [6, 6.07) is 20.3. The zero-order chi connectivity index (χ0) is 21.4. The van der Waals surface area contributed by atoms with Crippen LogP contribution in [0.25, 0.3) is 16.5 Å². The Labute approximate surface area is 185 Å². The minimum Gasteiger partial charge on any atom is -0.299 e. The Balaban J connectivity index is 1.49. The predicted molar refractivity (Wildman–Crippen MR) is 128 cm³/mol. The molecule has 4 nitrogen and oxygen atoms in total. The van der Waals surface area contributed by atoms with E-state index in [9.17, 15) is 4.79 Å². The first-order valence-corrected chi connectivity index (χ1v) is 11.8. The molecule has 3 atom stereocenters. The molecule has 2 saturated heterocycles. The second-order valence-corrected chi connectivity index (χ2v) is 9.43. The Bertz CT molecular complexity index is 1120. The summed E-state index contributed by atoms with van der Waals surface area (Å²) in [5, 5.41) is 2.43. The Morgan fingerprint density at radius 2 is 1.68 bits per heavy atom. The molecule has 1 aromatic heterocycles. The maximum atomic E-state index is 12.2. The minimum atomic E-state index is 0.00119. The lowest BCUT2D eigenvalue weighted by atomic mass is 9.99. The number of pyridine rings is 1. The van der Waals surface area contributed by atoms with Crippen LogP contribution in [0.2, 0.25) is 0 Å². The molecule has 3 aromatic rings. The first-order valence-electron chi connectivity index (χ1n) is 11.8. The summed E-state index contributed by atoms with van der Waals surface area (Å²) >= 11 is 0. The topological polar surface area (TPSA) is 28.5 Å². The van der Waals surface area contributed by atoms with Gasteiger partial charge in [-0.05, 0) is 93.2 Å². The maximum Gasteiger partial charge on any atom is 0.255 e. The molecule has 2 aliphatic heterocycles. The van der Waals surface area contributed by atoms with E-state index >= 15 is 0 Å². The molecule has 2 aromatic carbocycles. The van der Waals surface area contributed by atoms with Gasteiger partial charge in [-0.15, -0.1) is 0 Å². The van der Waals surface area contributed by atoms with Crippen molar-refractivity contribution in [3.8, 4) is 5.69 Å². The third-order valence-electron chi connectivity index (χ3n) is 7.44. The standard InChI is InChI=1S/C27H33N3O/c1-20-7-5-14-28(20)19-26(29-16-6-8-21(29)2)24-11-10-23-18-25(13-12-22(23)17-24)30-15-4-3-9-27(30)31/h3-4,9-13,15,17-18,20-21,26H,5-8,14,16,19H2,1-2H3/t20-,21-,26?/m1/s1. The third kappa shape index (κ3) is 4.07. The number of aromatic nitrogens is 1. The average molecular weight is 416 g/mol. The molecule has 0 spiro atoms. The zero-order valence-corrected chi connectivity index (χ0v) is 18.7. The SMILES string of the molecule is C[C@@H]1CCCN1CC(c1ccc2cc(-n3ccccc3=O)ccc2c1)N1CCC[C@H]1C. The number of hydrogen-bond acceptors (Lipinski definition) is 3. The van der Waals surface area contributed by atoms with Gasteiger partial charge in [0.1, 0.15) is 0 Å². The van der Waals surface area contributed by atoms with E-state index in [4.69, 9.17) is 0 Å². The first kappa shape index (κ1) is 20.5. The molecule has 0 saturated carbocycles. The van der Waals surface area contributed by atoms with Crippen molar-refractivity contribution < 1.29 is 0 Å². The van der Waals surface area contributed by atoms with Crippen LogP contribution in [-0.4, -0.2) is 46.1 Å². The smallest absolute Gasteiger partial charge is 0.255 e. The van der Waals surface area contributed by atoms with Crippen molar-refractivity contribution >= 4 is 10.8 Å². The van der Waals surface area contributed by atoms with Crippen molar-refractivity contribution in [1.82, 2.24) is 14.4 Å². The summed E-state index contributed by atoms with van der Waals surface area (Å²) in [6.07, 6.45) is 7.08. The number of likely N-dealkylation sites (tertiary alicyclic amines) is 2. The first-order chi connectivity index (χ1) is 15.1. The van der Waals surface area contributed by atoms with Crippen LogP contribution in [0.3, 0.4) is 0 Å². The lowest BCUT2D eigenvalue weighted by Crippen LogP contribution is -2.40. The highest BCUT2D eigenvalue weighted by atomic mass is 16.1. The molecule has 31 heavy (non-hydrogen) atoms. The highest BCUT2D eigenvalue weighted by Gasteiger charge is 2.32. The fourth-order valence-electron chi connectivity index (χ4n) is 5.56. The molecule has 0 aliphatic carbocycles. The highest BCUT2D eigenvalue weighted by Crippen LogP contribution is 2.33. The van der Waals surface area contributed by atoms with Crippen LogP contribution in [0.1, 0.15) is 51.1 Å². The van der Waals surface area contributed by atoms with Crippen LogP contribution in [0.15, 0.2) is 65.6 Å². The van der Waals surface area contributed by atoms with Gasteiger partial charge in [0.15, 0.2) is 0 Å². The summed E-state index contributed by atoms with van der Waals surface area (Å²) in [6.45, 7) is 8.31. The number of hydrogen-bond donors (Lipinski definition) is 0. The lowest BCUT2D eigenvalue weighted by Gasteiger charge is -2.36. The summed E-state index contributed by atoms with van der Waals surface area (Å²) in [7, 11) is 0. The average Bonchev–Trinajstić information content (AvgIpc) is 3.39. The molecule has 4 heteroatoms. The quantitative estimate of drug-likeness (QED) is 0.587. The number of benzene rings is 2. The van der Waals surface area contributed by atoms with Gasteiger partial charge >= 0.3 is 0 Å². The van der Waals surface area contributed by atoms with E-state index in [1.165, 1.54) is 55.1 Å². The fraction of sp³-hybridized carbons (Fsp3) is 0.444. The zero-order valence-electron chi connectivity index (χ0n) is 18.7. The largest absolute Gasteiger partial charge is 0.299 e. The summed E-state index contributed by atoms with van der Waals surface area (Å²) in [5.41, 5.74) is 2.34. The molecule has 0 N–H and O–H groups in total. The third-order valence-corrected chi connectivity index (χ3v) is 7.44. The lowest BCUT2D eigenvalue weighted by molar-refractivity contribution is 0.129. The summed E-state index contributed by atoms with van der Waals surface area (Å²) in [4.78, 5) is 17.6. The molecule has 5 rings (SSSR count). The molecule has 0 bridgehead atoms. The van der Waals surface area contributed by atoms with Crippen LogP contribution in [0.5, 0.6) is 0 Å². The van der Waals surface area contributed by atoms with Crippen molar-refractivity contribution in [2.24, 2.45) is 0 Å². The number of rotatable bonds is 5. The van der Waals surface area contributed by atoms with Crippen molar-refractivity contribution in [1.29, 1.82) is 0 Å². The van der Waals surface area contributed by atoms with Gasteiger partial charge in [-0.25, -0.2) is 0 Å². The molecular weight excluding hydrogens is 382 g/mol. The van der Waals surface area contributed by atoms with Gasteiger partial charge < -0.3 is 0 Å². The molecule has 2 aliphatic rings. The van der Waals surface area contributed by atoms with E-state index in [1.807, 2.05) is 12.3 Å². The molecule has 162 valence electrons. The minimum absolute atomic E-state index is 0.00119. The molecule has 0 amide bonds. The molecule has 3 heterocycles. The fourth-order valence-corrected chi connectivity index (χ4v) is 5.56. The van der Waals surface area contributed by atoms with Gasteiger partial charge in [0.25, 0.3) is 5.56 Å². The maximum absolute atomic E-state index is 12.2.